The first-order chi connectivity index (χ1) is 18.6. The molecule has 2 aromatic rings. The van der Waals surface area contributed by atoms with Crippen molar-refractivity contribution in [1.29, 1.82) is 0 Å². The second kappa shape index (κ2) is 14.3. The third-order valence-corrected chi connectivity index (χ3v) is 7.83. The van der Waals surface area contributed by atoms with Gasteiger partial charge in [0.15, 0.2) is 0 Å². The van der Waals surface area contributed by atoms with Crippen molar-refractivity contribution < 1.29 is 14.4 Å². The zero-order valence-corrected chi connectivity index (χ0v) is 24.1. The molecule has 39 heavy (non-hydrogen) atoms. The minimum Gasteiger partial charge on any atom is -0.353 e. The number of nitrogens with one attached hydrogen (secondary N) is 4. The zero-order chi connectivity index (χ0) is 28.4. The van der Waals surface area contributed by atoms with Crippen molar-refractivity contribution in [3.8, 4) is 0 Å². The topological polar surface area (TPSA) is 99.3 Å². The summed E-state index contributed by atoms with van der Waals surface area (Å²) in [5.74, 6) is -0.712. The van der Waals surface area contributed by atoms with Crippen LogP contribution in [0.15, 0.2) is 60.7 Å². The molecule has 3 atom stereocenters. The first-order valence-electron chi connectivity index (χ1n) is 14.3. The predicted octanol–water partition coefficient (Wildman–Crippen LogP) is 4.14. The van der Waals surface area contributed by atoms with Crippen LogP contribution in [0.3, 0.4) is 0 Å². The van der Waals surface area contributed by atoms with Crippen molar-refractivity contribution in [2.24, 2.45) is 11.3 Å². The maximum absolute atomic E-state index is 13.7. The summed E-state index contributed by atoms with van der Waals surface area (Å²) in [5.41, 5.74) is 1.69. The predicted molar refractivity (Wildman–Crippen MR) is 156 cm³/mol. The molecule has 0 radical (unpaired) electrons. The Morgan fingerprint density at radius 3 is 1.82 bits per heavy atom. The second-order valence-corrected chi connectivity index (χ2v) is 11.8. The number of carbonyl (C=O) groups excluding carboxylic acids is 3. The van der Waals surface area contributed by atoms with E-state index in [1.54, 1.807) is 14.0 Å². The third-order valence-electron chi connectivity index (χ3n) is 7.83. The number of benzene rings is 2. The number of hydrogen-bond donors (Lipinski definition) is 4. The van der Waals surface area contributed by atoms with Gasteiger partial charge in [0.25, 0.3) is 0 Å². The maximum atomic E-state index is 13.7. The van der Waals surface area contributed by atoms with E-state index < -0.39 is 23.5 Å². The zero-order valence-electron chi connectivity index (χ0n) is 24.1. The molecule has 0 unspecified atom stereocenters. The van der Waals surface area contributed by atoms with Gasteiger partial charge in [0.1, 0.15) is 12.1 Å². The average molecular weight is 535 g/mol. The molecule has 212 valence electrons. The molecule has 0 saturated heterocycles. The van der Waals surface area contributed by atoms with E-state index in [9.17, 15) is 14.4 Å². The van der Waals surface area contributed by atoms with Crippen molar-refractivity contribution >= 4 is 17.7 Å². The molecule has 3 rings (SSSR count). The van der Waals surface area contributed by atoms with Gasteiger partial charge in [-0.25, -0.2) is 0 Å². The molecule has 0 spiro atoms. The van der Waals surface area contributed by atoms with Crippen LogP contribution in [-0.4, -0.2) is 49.4 Å². The summed E-state index contributed by atoms with van der Waals surface area (Å²) < 4.78 is 0. The molecule has 0 heterocycles. The van der Waals surface area contributed by atoms with Crippen LogP contribution in [0.1, 0.15) is 76.8 Å². The number of carbonyl (C=O) groups is 3. The minimum absolute atomic E-state index is 0.0232. The lowest BCUT2D eigenvalue weighted by Crippen LogP contribution is -2.60. The minimum atomic E-state index is -0.762. The SMILES string of the molecule is CN[C@H](C)C(=O)N[C@@H](C(=O)N[C@@H](C(=O)NCC(c1ccccc1)c1ccccc1)C(C)(C)C)C1CCCCC1. The first kappa shape index (κ1) is 30.4. The van der Waals surface area contributed by atoms with E-state index in [0.717, 1.165) is 43.2 Å². The number of likely N-dealkylation sites (N-methyl/N-ethyl adjacent to an activating group) is 1. The highest BCUT2D eigenvalue weighted by atomic mass is 16.2. The highest BCUT2D eigenvalue weighted by molar-refractivity contribution is 5.93. The monoisotopic (exact) mass is 534 g/mol. The molecule has 0 aliphatic heterocycles. The van der Waals surface area contributed by atoms with Gasteiger partial charge in [-0.05, 0) is 49.3 Å². The van der Waals surface area contributed by atoms with E-state index in [2.05, 4.69) is 45.5 Å². The standard InChI is InChI=1S/C32H46N4O3/c1-22(33-5)29(37)35-27(25-19-13-8-14-20-25)30(38)36-28(32(2,3)4)31(39)34-21-26(23-15-9-6-10-16-23)24-17-11-7-12-18-24/h6-7,9-12,15-18,22,25-28,33H,8,13-14,19-21H2,1-5H3,(H,34,39)(H,35,37)(H,36,38)/t22-,27-,28+/m1/s1. The molecular formula is C32H46N4O3. The fourth-order valence-corrected chi connectivity index (χ4v) is 5.29. The second-order valence-electron chi connectivity index (χ2n) is 11.8. The van der Waals surface area contributed by atoms with Crippen LogP contribution in [0.5, 0.6) is 0 Å². The van der Waals surface area contributed by atoms with E-state index >= 15 is 0 Å². The molecule has 0 aromatic heterocycles. The van der Waals surface area contributed by atoms with Gasteiger partial charge >= 0.3 is 0 Å². The van der Waals surface area contributed by atoms with E-state index in [0.29, 0.717) is 6.54 Å². The van der Waals surface area contributed by atoms with E-state index in [1.807, 2.05) is 57.2 Å². The Labute approximate surface area is 233 Å². The molecular weight excluding hydrogens is 488 g/mol. The van der Waals surface area contributed by atoms with Crippen LogP contribution in [0.2, 0.25) is 0 Å². The van der Waals surface area contributed by atoms with Gasteiger partial charge in [-0.1, -0.05) is 101 Å². The summed E-state index contributed by atoms with van der Waals surface area (Å²) in [7, 11) is 1.72. The summed E-state index contributed by atoms with van der Waals surface area (Å²) in [4.78, 5) is 40.1. The number of hydrogen-bond acceptors (Lipinski definition) is 4. The van der Waals surface area contributed by atoms with Crippen molar-refractivity contribution in [3.05, 3.63) is 71.8 Å². The molecule has 4 N–H and O–H groups in total. The largest absolute Gasteiger partial charge is 0.353 e. The number of amides is 3. The lowest BCUT2D eigenvalue weighted by Gasteiger charge is -2.35. The van der Waals surface area contributed by atoms with Crippen LogP contribution in [0, 0.1) is 11.3 Å². The normalized spacial score (nSPS) is 16.7. The Morgan fingerprint density at radius 2 is 1.33 bits per heavy atom. The molecule has 3 amide bonds. The fraction of sp³-hybridized carbons (Fsp3) is 0.531. The Kier molecular flexibility index (Phi) is 11.1. The van der Waals surface area contributed by atoms with Crippen LogP contribution >= 0.6 is 0 Å². The molecule has 1 fully saturated rings. The van der Waals surface area contributed by atoms with Crippen molar-refractivity contribution in [2.45, 2.75) is 83.8 Å². The highest BCUT2D eigenvalue weighted by Gasteiger charge is 2.38. The highest BCUT2D eigenvalue weighted by Crippen LogP contribution is 2.28. The Bertz CT molecular complexity index is 1020. The van der Waals surface area contributed by atoms with Gasteiger partial charge < -0.3 is 21.3 Å². The van der Waals surface area contributed by atoms with Gasteiger partial charge in [-0.15, -0.1) is 0 Å². The molecule has 1 saturated carbocycles. The quantitative estimate of drug-likeness (QED) is 0.348. The summed E-state index contributed by atoms with van der Waals surface area (Å²) >= 11 is 0. The van der Waals surface area contributed by atoms with Crippen molar-refractivity contribution in [3.63, 3.8) is 0 Å². The fourth-order valence-electron chi connectivity index (χ4n) is 5.29. The van der Waals surface area contributed by atoms with Crippen LogP contribution < -0.4 is 21.3 Å². The summed E-state index contributed by atoms with van der Waals surface area (Å²) in [5, 5.41) is 12.1. The molecule has 7 heteroatoms. The van der Waals surface area contributed by atoms with Crippen LogP contribution in [-0.2, 0) is 14.4 Å². The molecule has 1 aliphatic rings. The lowest BCUT2D eigenvalue weighted by molar-refractivity contribution is -0.135. The summed E-state index contributed by atoms with van der Waals surface area (Å²) in [6, 6.07) is 18.4. The van der Waals surface area contributed by atoms with E-state index in [4.69, 9.17) is 0 Å². The van der Waals surface area contributed by atoms with Crippen molar-refractivity contribution in [1.82, 2.24) is 21.3 Å². The maximum Gasteiger partial charge on any atom is 0.243 e. The van der Waals surface area contributed by atoms with Gasteiger partial charge in [0.2, 0.25) is 17.7 Å². The van der Waals surface area contributed by atoms with Gasteiger partial charge in [-0.2, -0.15) is 0 Å². The number of rotatable bonds is 11. The average Bonchev–Trinajstić information content (AvgIpc) is 2.94. The molecule has 7 nitrogen and oxygen atoms in total. The summed E-state index contributed by atoms with van der Waals surface area (Å²) in [6.07, 6.45) is 4.98. The van der Waals surface area contributed by atoms with Gasteiger partial charge in [-0.3, -0.25) is 14.4 Å². The van der Waals surface area contributed by atoms with Crippen LogP contribution in [0.4, 0.5) is 0 Å². The van der Waals surface area contributed by atoms with Gasteiger partial charge in [0.05, 0.1) is 6.04 Å². The van der Waals surface area contributed by atoms with Crippen LogP contribution in [0.25, 0.3) is 0 Å². The Balaban J connectivity index is 1.77. The van der Waals surface area contributed by atoms with E-state index in [1.165, 1.54) is 0 Å². The first-order valence-corrected chi connectivity index (χ1v) is 14.3. The lowest BCUT2D eigenvalue weighted by atomic mass is 9.82. The van der Waals surface area contributed by atoms with Crippen molar-refractivity contribution in [2.75, 3.05) is 13.6 Å². The van der Waals surface area contributed by atoms with Gasteiger partial charge in [0, 0.05) is 12.5 Å². The summed E-state index contributed by atoms with van der Waals surface area (Å²) in [6.45, 7) is 8.01. The molecule has 1 aliphatic carbocycles. The Hall–Kier alpha value is -3.19. The molecule has 0 bridgehead atoms. The Morgan fingerprint density at radius 1 is 0.795 bits per heavy atom. The molecule has 2 aromatic carbocycles. The third kappa shape index (κ3) is 8.65. The van der Waals surface area contributed by atoms with E-state index in [-0.39, 0.29) is 29.6 Å². The smallest absolute Gasteiger partial charge is 0.243 e.